The van der Waals surface area contributed by atoms with E-state index in [1.54, 1.807) is 0 Å². The fraction of sp³-hybridized carbons (Fsp3) is 0.286. The predicted molar refractivity (Wildman–Crippen MR) is 41.7 cm³/mol. The molecule has 0 radical (unpaired) electrons. The van der Waals surface area contributed by atoms with E-state index in [0.717, 1.165) is 0 Å². The van der Waals surface area contributed by atoms with E-state index in [1.807, 2.05) is 0 Å². The van der Waals surface area contributed by atoms with E-state index in [-0.39, 0.29) is 6.01 Å². The predicted octanol–water partition coefficient (Wildman–Crippen LogP) is -0.0514. The van der Waals surface area contributed by atoms with Gasteiger partial charge in [0.15, 0.2) is 12.4 Å². The topological polar surface area (TPSA) is 81.5 Å². The number of hydrogen-bond donors (Lipinski definition) is 1. The van der Waals surface area contributed by atoms with Crippen LogP contribution in [0.5, 0.6) is 11.8 Å². The van der Waals surface area contributed by atoms with Crippen LogP contribution >= 0.6 is 0 Å². The van der Waals surface area contributed by atoms with Crippen LogP contribution in [-0.4, -0.2) is 34.8 Å². The summed E-state index contributed by atoms with van der Waals surface area (Å²) >= 11 is 0. The van der Waals surface area contributed by atoms with E-state index >= 15 is 0 Å². The van der Waals surface area contributed by atoms with Crippen LogP contribution < -0.4 is 9.47 Å². The molecule has 0 fully saturated rings. The zero-order valence-corrected chi connectivity index (χ0v) is 6.93. The Kier molecular flexibility index (Phi) is 3.02. The van der Waals surface area contributed by atoms with Gasteiger partial charge in [-0.25, -0.2) is 4.79 Å². The van der Waals surface area contributed by atoms with Crippen LogP contribution in [0.25, 0.3) is 0 Å². The Balaban J connectivity index is 2.54. The molecule has 6 nitrogen and oxygen atoms in total. The molecule has 0 aliphatic heterocycles. The van der Waals surface area contributed by atoms with E-state index in [1.165, 1.54) is 19.5 Å². The van der Waals surface area contributed by atoms with Crippen LogP contribution in [-0.2, 0) is 4.79 Å². The van der Waals surface area contributed by atoms with Crippen LogP contribution in [0, 0.1) is 0 Å². The molecule has 70 valence electrons. The third-order valence-electron chi connectivity index (χ3n) is 1.15. The summed E-state index contributed by atoms with van der Waals surface area (Å²) in [6.45, 7) is -0.407. The molecule has 0 aliphatic carbocycles. The van der Waals surface area contributed by atoms with E-state index < -0.39 is 12.6 Å². The molecule has 1 N–H and O–H groups in total. The highest BCUT2D eigenvalue weighted by Crippen LogP contribution is 2.08. The smallest absolute Gasteiger partial charge is 0.341 e. The third-order valence-corrected chi connectivity index (χ3v) is 1.15. The third kappa shape index (κ3) is 2.94. The summed E-state index contributed by atoms with van der Waals surface area (Å²) in [6.07, 6.45) is 2.68. The lowest BCUT2D eigenvalue weighted by Gasteiger charge is -2.01. The Hall–Kier alpha value is -1.85. The molecule has 6 heteroatoms. The maximum absolute atomic E-state index is 10.1. The molecule has 1 rings (SSSR count). The number of carboxylic acid groups (broad SMARTS) is 1. The molecule has 0 unspecified atom stereocenters. The second-order valence-corrected chi connectivity index (χ2v) is 2.09. The molecule has 0 aliphatic rings. The van der Waals surface area contributed by atoms with Crippen molar-refractivity contribution < 1.29 is 19.4 Å². The van der Waals surface area contributed by atoms with Gasteiger partial charge < -0.3 is 14.6 Å². The minimum Gasteiger partial charge on any atom is -0.479 e. The van der Waals surface area contributed by atoms with Crippen LogP contribution in [0.3, 0.4) is 0 Å². The van der Waals surface area contributed by atoms with Crippen molar-refractivity contribution in [2.24, 2.45) is 0 Å². The van der Waals surface area contributed by atoms with Crippen molar-refractivity contribution in [3.05, 3.63) is 12.4 Å². The standard InChI is InChI=1S/C7H8N2O4/c1-12-7-8-2-5(3-9-7)13-4-6(10)11/h2-3H,4H2,1H3,(H,10,11). The fourth-order valence-corrected chi connectivity index (χ4v) is 0.629. The molecule has 0 bridgehead atoms. The number of carboxylic acids is 1. The van der Waals surface area contributed by atoms with Gasteiger partial charge in [0.05, 0.1) is 19.5 Å². The van der Waals surface area contributed by atoms with Crippen LogP contribution in [0.15, 0.2) is 12.4 Å². The molecule has 1 heterocycles. The van der Waals surface area contributed by atoms with Crippen molar-refractivity contribution in [3.8, 4) is 11.8 Å². The van der Waals surface area contributed by atoms with Gasteiger partial charge in [0.1, 0.15) is 0 Å². The summed E-state index contributed by atoms with van der Waals surface area (Å²) in [5, 5.41) is 8.29. The number of aliphatic carboxylic acids is 1. The minimum absolute atomic E-state index is 0.211. The molecule has 0 spiro atoms. The molecule has 0 atom stereocenters. The number of aromatic nitrogens is 2. The van der Waals surface area contributed by atoms with Gasteiger partial charge in [-0.1, -0.05) is 0 Å². The summed E-state index contributed by atoms with van der Waals surface area (Å²) in [5.41, 5.74) is 0. The van der Waals surface area contributed by atoms with Crippen molar-refractivity contribution in [1.29, 1.82) is 0 Å². The van der Waals surface area contributed by atoms with Crippen LogP contribution in [0.2, 0.25) is 0 Å². The summed E-state index contributed by atoms with van der Waals surface area (Å²) in [6, 6.07) is 0.211. The number of rotatable bonds is 4. The number of methoxy groups -OCH3 is 1. The molecule has 0 aromatic carbocycles. The second kappa shape index (κ2) is 4.24. The van der Waals surface area contributed by atoms with Crippen molar-refractivity contribution in [3.63, 3.8) is 0 Å². The molecule has 0 saturated heterocycles. The van der Waals surface area contributed by atoms with Crippen LogP contribution in [0.4, 0.5) is 0 Å². The number of nitrogens with zero attached hydrogens (tertiary/aromatic N) is 2. The quantitative estimate of drug-likeness (QED) is 0.706. The lowest BCUT2D eigenvalue weighted by atomic mass is 10.6. The van der Waals surface area contributed by atoms with E-state index in [9.17, 15) is 4.79 Å². The van der Waals surface area contributed by atoms with Gasteiger partial charge >= 0.3 is 12.0 Å². The lowest BCUT2D eigenvalue weighted by Crippen LogP contribution is -2.09. The van der Waals surface area contributed by atoms with Crippen molar-refractivity contribution in [2.45, 2.75) is 0 Å². The molecule has 0 amide bonds. The van der Waals surface area contributed by atoms with Gasteiger partial charge in [0.25, 0.3) is 0 Å². The average Bonchev–Trinajstić information content (AvgIpc) is 2.15. The molecule has 0 saturated carbocycles. The first-order chi connectivity index (χ1) is 6.22. The van der Waals surface area contributed by atoms with Crippen LogP contribution in [0.1, 0.15) is 0 Å². The summed E-state index contributed by atoms with van der Waals surface area (Å²) in [4.78, 5) is 17.6. The normalized spacial score (nSPS) is 9.31. The lowest BCUT2D eigenvalue weighted by molar-refractivity contribution is -0.139. The highest BCUT2D eigenvalue weighted by Gasteiger charge is 2.00. The Bertz CT molecular complexity index is 285. The number of hydrogen-bond acceptors (Lipinski definition) is 5. The maximum atomic E-state index is 10.1. The molecule has 1 aromatic rings. The van der Waals surface area contributed by atoms with E-state index in [2.05, 4.69) is 9.97 Å². The molecule has 13 heavy (non-hydrogen) atoms. The fourth-order valence-electron chi connectivity index (χ4n) is 0.629. The molecular formula is C7H8N2O4. The van der Waals surface area contributed by atoms with Gasteiger partial charge in [-0.05, 0) is 0 Å². The molecule has 1 aromatic heterocycles. The van der Waals surface area contributed by atoms with Crippen molar-refractivity contribution in [2.75, 3.05) is 13.7 Å². The maximum Gasteiger partial charge on any atom is 0.341 e. The van der Waals surface area contributed by atoms with E-state index in [4.69, 9.17) is 14.6 Å². The van der Waals surface area contributed by atoms with Gasteiger partial charge in [-0.2, -0.15) is 9.97 Å². The van der Waals surface area contributed by atoms with Crippen molar-refractivity contribution >= 4 is 5.97 Å². The Morgan fingerprint density at radius 3 is 2.62 bits per heavy atom. The molecular weight excluding hydrogens is 176 g/mol. The number of ether oxygens (including phenoxy) is 2. The first-order valence-electron chi connectivity index (χ1n) is 3.43. The monoisotopic (exact) mass is 184 g/mol. The Morgan fingerprint density at radius 2 is 2.15 bits per heavy atom. The minimum atomic E-state index is -1.05. The Morgan fingerprint density at radius 1 is 1.54 bits per heavy atom. The first kappa shape index (κ1) is 9.24. The largest absolute Gasteiger partial charge is 0.479 e. The van der Waals surface area contributed by atoms with Gasteiger partial charge in [-0.3, -0.25) is 0 Å². The summed E-state index contributed by atoms with van der Waals surface area (Å²) in [7, 11) is 1.44. The SMILES string of the molecule is COc1ncc(OCC(=O)O)cn1. The second-order valence-electron chi connectivity index (χ2n) is 2.09. The van der Waals surface area contributed by atoms with Gasteiger partial charge in [-0.15, -0.1) is 0 Å². The zero-order chi connectivity index (χ0) is 9.68. The Labute approximate surface area is 74.1 Å². The van der Waals surface area contributed by atoms with Gasteiger partial charge in [0.2, 0.25) is 0 Å². The van der Waals surface area contributed by atoms with Crippen molar-refractivity contribution in [1.82, 2.24) is 9.97 Å². The number of carbonyl (C=O) groups is 1. The zero-order valence-electron chi connectivity index (χ0n) is 6.93. The summed E-state index contributed by atoms with van der Waals surface area (Å²) in [5.74, 6) is -0.751. The average molecular weight is 184 g/mol. The van der Waals surface area contributed by atoms with Gasteiger partial charge in [0, 0.05) is 0 Å². The summed E-state index contributed by atoms with van der Waals surface area (Å²) < 4.78 is 9.49. The van der Waals surface area contributed by atoms with E-state index in [0.29, 0.717) is 5.75 Å². The highest BCUT2D eigenvalue weighted by atomic mass is 16.5. The first-order valence-corrected chi connectivity index (χ1v) is 3.43. The highest BCUT2D eigenvalue weighted by molar-refractivity contribution is 5.68.